The summed E-state index contributed by atoms with van der Waals surface area (Å²) >= 11 is 18.1. The Morgan fingerprint density at radius 3 is 2.50 bits per heavy atom. The van der Waals surface area contributed by atoms with Crippen LogP contribution in [0.15, 0.2) is 18.2 Å². The Morgan fingerprint density at radius 1 is 1.25 bits per heavy atom. The average Bonchev–Trinajstić information content (AvgIpc) is 2.71. The van der Waals surface area contributed by atoms with Gasteiger partial charge in [-0.25, -0.2) is 0 Å². The normalized spacial score (nSPS) is 21.6. The van der Waals surface area contributed by atoms with Crippen molar-refractivity contribution in [1.82, 2.24) is 4.90 Å². The van der Waals surface area contributed by atoms with Crippen LogP contribution in [-0.2, 0) is 6.54 Å². The van der Waals surface area contributed by atoms with Crippen LogP contribution in [0.5, 0.6) is 0 Å². The van der Waals surface area contributed by atoms with Crippen molar-refractivity contribution in [2.24, 2.45) is 5.92 Å². The molecule has 1 aliphatic heterocycles. The van der Waals surface area contributed by atoms with Gasteiger partial charge in [-0.2, -0.15) is 0 Å². The van der Waals surface area contributed by atoms with Gasteiger partial charge in [-0.3, -0.25) is 4.90 Å². The van der Waals surface area contributed by atoms with Crippen molar-refractivity contribution in [1.29, 1.82) is 0 Å². The van der Waals surface area contributed by atoms with E-state index in [0.717, 1.165) is 41.1 Å². The Bertz CT molecular complexity index is 347. The maximum Gasteiger partial charge on any atom is 0.0465 e. The molecule has 16 heavy (non-hydrogen) atoms. The molecule has 0 bridgehead atoms. The highest BCUT2D eigenvalue weighted by Gasteiger charge is 2.22. The molecule has 1 fully saturated rings. The molecule has 88 valence electrons. The minimum absolute atomic E-state index is 0.614. The first kappa shape index (κ1) is 12.5. The molecular formula is C12H14Cl3N. The molecule has 2 rings (SSSR count). The number of alkyl halides is 1. The summed E-state index contributed by atoms with van der Waals surface area (Å²) < 4.78 is 0. The molecule has 1 aromatic carbocycles. The first-order valence-electron chi connectivity index (χ1n) is 5.42. The van der Waals surface area contributed by atoms with E-state index in [9.17, 15) is 0 Å². The fraction of sp³-hybridized carbons (Fsp3) is 0.500. The molecule has 4 heteroatoms. The molecule has 0 spiro atoms. The third-order valence-corrected chi connectivity index (χ3v) is 4.18. The summed E-state index contributed by atoms with van der Waals surface area (Å²) in [6, 6.07) is 5.65. The molecular weight excluding hydrogens is 264 g/mol. The van der Waals surface area contributed by atoms with Crippen LogP contribution in [0.25, 0.3) is 0 Å². The van der Waals surface area contributed by atoms with Crippen LogP contribution in [-0.4, -0.2) is 23.9 Å². The molecule has 0 N–H and O–H groups in total. The van der Waals surface area contributed by atoms with Crippen molar-refractivity contribution in [2.75, 3.05) is 19.0 Å². The van der Waals surface area contributed by atoms with E-state index in [1.807, 2.05) is 18.2 Å². The van der Waals surface area contributed by atoms with E-state index < -0.39 is 0 Å². The summed E-state index contributed by atoms with van der Waals surface area (Å²) in [4.78, 5) is 2.36. The standard InChI is InChI=1S/C12H14Cl3N/c13-6-9-4-5-16(7-9)8-10-11(14)2-1-3-12(10)15/h1-3,9H,4-8H2. The number of nitrogens with zero attached hydrogens (tertiary/aromatic N) is 1. The molecule has 0 saturated carbocycles. The lowest BCUT2D eigenvalue weighted by Crippen LogP contribution is -2.20. The van der Waals surface area contributed by atoms with Crippen molar-refractivity contribution in [3.63, 3.8) is 0 Å². The van der Waals surface area contributed by atoms with E-state index in [-0.39, 0.29) is 0 Å². The summed E-state index contributed by atoms with van der Waals surface area (Å²) in [5.74, 6) is 1.36. The third kappa shape index (κ3) is 2.84. The molecule has 0 aromatic heterocycles. The van der Waals surface area contributed by atoms with Crippen LogP contribution in [0, 0.1) is 5.92 Å². The lowest BCUT2D eigenvalue weighted by Gasteiger charge is -2.17. The van der Waals surface area contributed by atoms with Gasteiger partial charge in [-0.05, 0) is 31.0 Å². The van der Waals surface area contributed by atoms with Gasteiger partial charge >= 0.3 is 0 Å². The van der Waals surface area contributed by atoms with E-state index in [1.165, 1.54) is 6.42 Å². The molecule has 1 unspecified atom stereocenters. The number of rotatable bonds is 3. The van der Waals surface area contributed by atoms with Gasteiger partial charge in [0.25, 0.3) is 0 Å². The molecule has 1 saturated heterocycles. The summed E-state index contributed by atoms with van der Waals surface area (Å²) in [6.07, 6.45) is 1.17. The van der Waals surface area contributed by atoms with Gasteiger partial charge in [0.05, 0.1) is 0 Å². The number of hydrogen-bond donors (Lipinski definition) is 0. The predicted molar refractivity (Wildman–Crippen MR) is 70.6 cm³/mol. The predicted octanol–water partition coefficient (Wildman–Crippen LogP) is 4.05. The third-order valence-electron chi connectivity index (χ3n) is 3.03. The van der Waals surface area contributed by atoms with Crippen molar-refractivity contribution >= 4 is 34.8 Å². The van der Waals surface area contributed by atoms with Gasteiger partial charge < -0.3 is 0 Å². The Hall–Kier alpha value is 0.0500. The lowest BCUT2D eigenvalue weighted by atomic mass is 10.2. The second kappa shape index (κ2) is 5.59. The number of benzene rings is 1. The number of hydrogen-bond acceptors (Lipinski definition) is 1. The van der Waals surface area contributed by atoms with Crippen molar-refractivity contribution in [3.8, 4) is 0 Å². The van der Waals surface area contributed by atoms with Gasteiger partial charge in [0.2, 0.25) is 0 Å². The Balaban J connectivity index is 2.04. The SMILES string of the molecule is ClCC1CCN(Cc2c(Cl)cccc2Cl)C1. The van der Waals surface area contributed by atoms with Crippen molar-refractivity contribution in [3.05, 3.63) is 33.8 Å². The Morgan fingerprint density at radius 2 is 1.94 bits per heavy atom. The summed E-state index contributed by atoms with van der Waals surface area (Å²) in [6.45, 7) is 2.95. The fourth-order valence-corrected chi connectivity index (χ4v) is 2.86. The second-order valence-electron chi connectivity index (χ2n) is 4.24. The highest BCUT2D eigenvalue weighted by molar-refractivity contribution is 6.35. The molecule has 1 aliphatic rings. The summed E-state index contributed by atoms with van der Waals surface area (Å²) in [5, 5.41) is 1.50. The smallest absolute Gasteiger partial charge is 0.0465 e. The first-order valence-corrected chi connectivity index (χ1v) is 6.71. The average molecular weight is 279 g/mol. The van der Waals surface area contributed by atoms with Crippen LogP contribution in [0.2, 0.25) is 10.0 Å². The minimum atomic E-state index is 0.614. The topological polar surface area (TPSA) is 3.24 Å². The van der Waals surface area contributed by atoms with Crippen LogP contribution in [0.1, 0.15) is 12.0 Å². The minimum Gasteiger partial charge on any atom is -0.299 e. The van der Waals surface area contributed by atoms with Crippen LogP contribution >= 0.6 is 34.8 Å². The highest BCUT2D eigenvalue weighted by atomic mass is 35.5. The maximum atomic E-state index is 6.14. The monoisotopic (exact) mass is 277 g/mol. The first-order chi connectivity index (χ1) is 7.70. The van der Waals surface area contributed by atoms with Gasteiger partial charge in [0.15, 0.2) is 0 Å². The maximum absolute atomic E-state index is 6.14. The van der Waals surface area contributed by atoms with Gasteiger partial charge in [-0.15, -0.1) is 11.6 Å². The number of halogens is 3. The molecule has 0 radical (unpaired) electrons. The van der Waals surface area contributed by atoms with E-state index in [4.69, 9.17) is 34.8 Å². The molecule has 0 amide bonds. The number of likely N-dealkylation sites (tertiary alicyclic amines) is 1. The lowest BCUT2D eigenvalue weighted by molar-refractivity contribution is 0.321. The zero-order valence-electron chi connectivity index (χ0n) is 8.93. The summed E-state index contributed by atoms with van der Waals surface area (Å²) in [7, 11) is 0. The van der Waals surface area contributed by atoms with E-state index in [0.29, 0.717) is 5.92 Å². The second-order valence-corrected chi connectivity index (χ2v) is 5.37. The Labute approximate surface area is 111 Å². The molecule has 1 atom stereocenters. The molecule has 0 aliphatic carbocycles. The van der Waals surface area contributed by atoms with E-state index in [2.05, 4.69) is 4.90 Å². The zero-order chi connectivity index (χ0) is 11.5. The van der Waals surface area contributed by atoms with E-state index >= 15 is 0 Å². The van der Waals surface area contributed by atoms with Crippen LogP contribution < -0.4 is 0 Å². The van der Waals surface area contributed by atoms with Gasteiger partial charge in [0, 0.05) is 34.6 Å². The van der Waals surface area contributed by atoms with Gasteiger partial charge in [0.1, 0.15) is 0 Å². The van der Waals surface area contributed by atoms with Crippen molar-refractivity contribution in [2.45, 2.75) is 13.0 Å². The van der Waals surface area contributed by atoms with E-state index in [1.54, 1.807) is 0 Å². The zero-order valence-corrected chi connectivity index (χ0v) is 11.2. The quantitative estimate of drug-likeness (QED) is 0.754. The largest absolute Gasteiger partial charge is 0.299 e. The van der Waals surface area contributed by atoms with Crippen LogP contribution in [0.4, 0.5) is 0 Å². The fourth-order valence-electron chi connectivity index (χ4n) is 2.09. The molecule has 1 aromatic rings. The summed E-state index contributed by atoms with van der Waals surface area (Å²) in [5.41, 5.74) is 1.03. The highest BCUT2D eigenvalue weighted by Crippen LogP contribution is 2.28. The molecule has 1 heterocycles. The Kier molecular flexibility index (Phi) is 4.37. The van der Waals surface area contributed by atoms with Crippen LogP contribution in [0.3, 0.4) is 0 Å². The van der Waals surface area contributed by atoms with Gasteiger partial charge in [-0.1, -0.05) is 29.3 Å². The van der Waals surface area contributed by atoms with Crippen molar-refractivity contribution < 1.29 is 0 Å². The molecule has 1 nitrogen and oxygen atoms in total.